The number of carbonyl (C=O) groups is 1. The van der Waals surface area contributed by atoms with Crippen LogP contribution in [0.2, 0.25) is 0 Å². The maximum atomic E-state index is 11.8. The fourth-order valence-electron chi connectivity index (χ4n) is 1.87. The molecular weight excluding hydrogens is 254 g/mol. The van der Waals surface area contributed by atoms with E-state index in [1.54, 1.807) is 30.7 Å². The summed E-state index contributed by atoms with van der Waals surface area (Å²) >= 11 is 0. The number of nitrogen functional groups attached to an aromatic ring is 1. The number of H-pyrrole nitrogens is 1. The number of carbonyl (C=O) groups excluding carboxylic acids is 1. The zero-order valence-corrected chi connectivity index (χ0v) is 11.4. The lowest BCUT2D eigenvalue weighted by molar-refractivity contribution is 0.0956. The molecule has 6 heteroatoms. The second kappa shape index (κ2) is 6.60. The Morgan fingerprint density at radius 2 is 2.30 bits per heavy atom. The first-order valence-corrected chi connectivity index (χ1v) is 6.59. The normalized spacial score (nSPS) is 10.2. The highest BCUT2D eigenvalue weighted by Crippen LogP contribution is 2.20. The lowest BCUT2D eigenvalue weighted by Gasteiger charge is -2.11. The summed E-state index contributed by atoms with van der Waals surface area (Å²) in [7, 11) is 0. The number of hydrogen-bond acceptors (Lipinski definition) is 4. The number of nitrogens with two attached hydrogens (primary N) is 1. The van der Waals surface area contributed by atoms with Crippen LogP contribution in [-0.2, 0) is 6.42 Å². The van der Waals surface area contributed by atoms with E-state index in [1.165, 1.54) is 0 Å². The molecule has 0 atom stereocenters. The number of aromatic amines is 1. The zero-order chi connectivity index (χ0) is 14.4. The average molecular weight is 273 g/mol. The lowest BCUT2D eigenvalue weighted by atomic mass is 10.1. The molecule has 0 bridgehead atoms. The number of amides is 1. The first-order chi connectivity index (χ1) is 9.70. The first-order valence-electron chi connectivity index (χ1n) is 6.59. The van der Waals surface area contributed by atoms with Crippen molar-refractivity contribution in [1.29, 1.82) is 0 Å². The van der Waals surface area contributed by atoms with Crippen LogP contribution in [0.5, 0.6) is 0 Å². The summed E-state index contributed by atoms with van der Waals surface area (Å²) in [6.45, 7) is 3.20. The molecule has 0 fully saturated rings. The maximum absolute atomic E-state index is 11.8. The Kier molecular flexibility index (Phi) is 4.60. The van der Waals surface area contributed by atoms with Crippen molar-refractivity contribution in [2.45, 2.75) is 13.3 Å². The molecular formula is C14H19N5O. The van der Waals surface area contributed by atoms with Gasteiger partial charge in [-0.05, 0) is 25.1 Å². The molecule has 2 aromatic rings. The van der Waals surface area contributed by atoms with Crippen LogP contribution < -0.4 is 16.4 Å². The predicted molar refractivity (Wildman–Crippen MR) is 79.6 cm³/mol. The summed E-state index contributed by atoms with van der Waals surface area (Å²) in [4.78, 5) is 18.8. The van der Waals surface area contributed by atoms with Gasteiger partial charge in [-0.2, -0.15) is 0 Å². The number of nitrogens with zero attached hydrogens (tertiary/aromatic N) is 1. The van der Waals surface area contributed by atoms with Crippen molar-refractivity contribution in [3.8, 4) is 0 Å². The fourth-order valence-corrected chi connectivity index (χ4v) is 1.87. The summed E-state index contributed by atoms with van der Waals surface area (Å²) in [6, 6.07) is 5.23. The molecule has 106 valence electrons. The quantitative estimate of drug-likeness (QED) is 0.598. The summed E-state index contributed by atoms with van der Waals surface area (Å²) in [5, 5.41) is 6.00. The third-order valence-corrected chi connectivity index (χ3v) is 2.92. The standard InChI is InChI=1S/C14H19N5O/c1-2-17-14(20)10-3-4-12(15)13(7-10)18-6-5-11-8-16-9-19-11/h3-4,7-9,18H,2,5-6,15H2,1H3,(H,16,19)(H,17,20). The van der Waals surface area contributed by atoms with Gasteiger partial charge in [-0.15, -0.1) is 0 Å². The Morgan fingerprint density at radius 1 is 1.45 bits per heavy atom. The van der Waals surface area contributed by atoms with E-state index in [9.17, 15) is 4.79 Å². The van der Waals surface area contributed by atoms with Crippen LogP contribution in [0.4, 0.5) is 11.4 Å². The number of nitrogens with one attached hydrogen (secondary N) is 3. The number of rotatable bonds is 6. The van der Waals surface area contributed by atoms with Crippen molar-refractivity contribution in [3.63, 3.8) is 0 Å². The van der Waals surface area contributed by atoms with Crippen molar-refractivity contribution < 1.29 is 4.79 Å². The van der Waals surface area contributed by atoms with Gasteiger partial charge in [0.05, 0.1) is 17.7 Å². The van der Waals surface area contributed by atoms with Gasteiger partial charge >= 0.3 is 0 Å². The van der Waals surface area contributed by atoms with Crippen molar-refractivity contribution in [2.24, 2.45) is 0 Å². The highest BCUT2D eigenvalue weighted by atomic mass is 16.1. The molecule has 2 rings (SSSR count). The molecule has 1 aromatic carbocycles. The topological polar surface area (TPSA) is 95.8 Å². The van der Waals surface area contributed by atoms with Crippen LogP contribution >= 0.6 is 0 Å². The minimum Gasteiger partial charge on any atom is -0.397 e. The van der Waals surface area contributed by atoms with Crippen molar-refractivity contribution in [3.05, 3.63) is 42.0 Å². The van der Waals surface area contributed by atoms with E-state index >= 15 is 0 Å². The molecule has 0 aliphatic rings. The highest BCUT2D eigenvalue weighted by molar-refractivity contribution is 5.96. The molecule has 0 aliphatic heterocycles. The Hall–Kier alpha value is -2.50. The molecule has 1 amide bonds. The molecule has 5 N–H and O–H groups in total. The fraction of sp³-hybridized carbons (Fsp3) is 0.286. The molecule has 0 saturated heterocycles. The van der Waals surface area contributed by atoms with Crippen molar-refractivity contribution >= 4 is 17.3 Å². The SMILES string of the molecule is CCNC(=O)c1ccc(N)c(NCCc2cnc[nH]2)c1. The lowest BCUT2D eigenvalue weighted by Crippen LogP contribution is -2.22. The van der Waals surface area contributed by atoms with E-state index in [0.717, 1.165) is 17.8 Å². The Bertz CT molecular complexity index is 565. The molecule has 0 unspecified atom stereocenters. The predicted octanol–water partition coefficient (Wildman–Crippen LogP) is 1.40. The smallest absolute Gasteiger partial charge is 0.251 e. The van der Waals surface area contributed by atoms with E-state index in [1.807, 2.05) is 6.92 Å². The molecule has 1 heterocycles. The van der Waals surface area contributed by atoms with Crippen molar-refractivity contribution in [2.75, 3.05) is 24.1 Å². The van der Waals surface area contributed by atoms with E-state index in [2.05, 4.69) is 20.6 Å². The van der Waals surface area contributed by atoms with E-state index < -0.39 is 0 Å². The minimum atomic E-state index is -0.0934. The van der Waals surface area contributed by atoms with Gasteiger partial charge in [-0.25, -0.2) is 4.98 Å². The van der Waals surface area contributed by atoms with E-state index in [4.69, 9.17) is 5.73 Å². The van der Waals surface area contributed by atoms with Crippen LogP contribution in [0.15, 0.2) is 30.7 Å². The van der Waals surface area contributed by atoms with Crippen LogP contribution in [-0.4, -0.2) is 29.0 Å². The van der Waals surface area contributed by atoms with Crippen LogP contribution in [0.3, 0.4) is 0 Å². The van der Waals surface area contributed by atoms with Gasteiger partial charge < -0.3 is 21.4 Å². The zero-order valence-electron chi connectivity index (χ0n) is 11.4. The van der Waals surface area contributed by atoms with Gasteiger partial charge in [0.2, 0.25) is 0 Å². The average Bonchev–Trinajstić information content (AvgIpc) is 2.94. The first kappa shape index (κ1) is 13.9. The third-order valence-electron chi connectivity index (χ3n) is 2.92. The van der Waals surface area contributed by atoms with Crippen LogP contribution in [0, 0.1) is 0 Å². The highest BCUT2D eigenvalue weighted by Gasteiger charge is 2.07. The summed E-state index contributed by atoms with van der Waals surface area (Å²) in [5.41, 5.74) is 8.96. The van der Waals surface area contributed by atoms with Gasteiger partial charge in [0.1, 0.15) is 0 Å². The number of anilines is 2. The maximum Gasteiger partial charge on any atom is 0.251 e. The molecule has 1 aromatic heterocycles. The van der Waals surface area contributed by atoms with E-state index in [-0.39, 0.29) is 5.91 Å². The Morgan fingerprint density at radius 3 is 3.00 bits per heavy atom. The second-order valence-corrected chi connectivity index (χ2v) is 4.42. The number of aromatic nitrogens is 2. The van der Waals surface area contributed by atoms with Gasteiger partial charge in [0.15, 0.2) is 0 Å². The third kappa shape index (κ3) is 3.50. The largest absolute Gasteiger partial charge is 0.397 e. The number of benzene rings is 1. The Labute approximate surface area is 117 Å². The summed E-state index contributed by atoms with van der Waals surface area (Å²) in [6.07, 6.45) is 4.25. The second-order valence-electron chi connectivity index (χ2n) is 4.42. The van der Waals surface area contributed by atoms with Gasteiger partial charge in [0, 0.05) is 37.0 Å². The minimum absolute atomic E-state index is 0.0934. The van der Waals surface area contributed by atoms with Gasteiger partial charge in [0.25, 0.3) is 5.91 Å². The Balaban J connectivity index is 1.99. The summed E-state index contributed by atoms with van der Waals surface area (Å²) in [5.74, 6) is -0.0934. The number of imidazole rings is 1. The van der Waals surface area contributed by atoms with Crippen molar-refractivity contribution in [1.82, 2.24) is 15.3 Å². The molecule has 0 spiro atoms. The number of hydrogen-bond donors (Lipinski definition) is 4. The molecule has 0 saturated carbocycles. The van der Waals surface area contributed by atoms with E-state index in [0.29, 0.717) is 24.3 Å². The molecule has 0 radical (unpaired) electrons. The summed E-state index contributed by atoms with van der Waals surface area (Å²) < 4.78 is 0. The van der Waals surface area contributed by atoms with Gasteiger partial charge in [-0.3, -0.25) is 4.79 Å². The molecule has 0 aliphatic carbocycles. The van der Waals surface area contributed by atoms with Crippen LogP contribution in [0.25, 0.3) is 0 Å². The molecule has 20 heavy (non-hydrogen) atoms. The molecule has 6 nitrogen and oxygen atoms in total. The van der Waals surface area contributed by atoms with Gasteiger partial charge in [-0.1, -0.05) is 0 Å². The monoisotopic (exact) mass is 273 g/mol. The van der Waals surface area contributed by atoms with Crippen LogP contribution in [0.1, 0.15) is 23.0 Å².